The number of carbonyl (C=O) groups excluding carboxylic acids is 1. The summed E-state index contributed by atoms with van der Waals surface area (Å²) in [5.41, 5.74) is -0.503. The third-order valence-corrected chi connectivity index (χ3v) is 3.11. The molecular weight excluding hydrogens is 292 g/mol. The lowest BCUT2D eigenvalue weighted by Gasteiger charge is -2.14. The fourth-order valence-corrected chi connectivity index (χ4v) is 2.22. The molecule has 1 rings (SSSR count). The molecule has 0 aliphatic carbocycles. The van der Waals surface area contributed by atoms with Crippen LogP contribution in [0, 0.1) is 11.8 Å². The Hall–Kier alpha value is -1.50. The molecule has 0 spiro atoms. The first kappa shape index (κ1) is 18.5. The van der Waals surface area contributed by atoms with Crippen LogP contribution in [0.25, 0.3) is 0 Å². The summed E-state index contributed by atoms with van der Waals surface area (Å²) < 4.78 is 27.6. The van der Waals surface area contributed by atoms with Crippen LogP contribution in [0.5, 0.6) is 0 Å². The van der Waals surface area contributed by atoms with Crippen molar-refractivity contribution in [2.75, 3.05) is 6.54 Å². The lowest BCUT2D eigenvalue weighted by molar-refractivity contribution is 0.0884. The van der Waals surface area contributed by atoms with Crippen LogP contribution in [-0.2, 0) is 6.54 Å². The molecule has 1 atom stereocenters. The number of hydrogen-bond donors (Lipinski definition) is 2. The van der Waals surface area contributed by atoms with Crippen molar-refractivity contribution in [1.29, 1.82) is 0 Å². The largest absolute Gasteiger partial charge is 0.391 e. The van der Waals surface area contributed by atoms with Crippen LogP contribution in [0.4, 0.5) is 8.78 Å². The summed E-state index contributed by atoms with van der Waals surface area (Å²) in [7, 11) is 0. The van der Waals surface area contributed by atoms with Crippen LogP contribution in [0.1, 0.15) is 56.6 Å². The van der Waals surface area contributed by atoms with Crippen LogP contribution in [-0.4, -0.2) is 33.4 Å². The second-order valence-electron chi connectivity index (χ2n) is 6.31. The third-order valence-electron chi connectivity index (χ3n) is 3.11. The van der Waals surface area contributed by atoms with Crippen molar-refractivity contribution in [3.63, 3.8) is 0 Å². The minimum Gasteiger partial charge on any atom is -0.391 e. The smallest absolute Gasteiger partial charge is 0.280 e. The molecule has 0 aliphatic heterocycles. The van der Waals surface area contributed by atoms with Crippen LogP contribution in [0.15, 0.2) is 6.20 Å². The lowest BCUT2D eigenvalue weighted by atomic mass is 10.1. The Morgan fingerprint density at radius 2 is 1.95 bits per heavy atom. The number of hydrogen-bond acceptors (Lipinski definition) is 3. The highest BCUT2D eigenvalue weighted by Gasteiger charge is 2.25. The maximum atomic E-state index is 13.2. The van der Waals surface area contributed by atoms with E-state index in [-0.39, 0.29) is 29.6 Å². The van der Waals surface area contributed by atoms with Gasteiger partial charge in [0.15, 0.2) is 0 Å². The molecule has 5 nitrogen and oxygen atoms in total. The molecule has 1 amide bonds. The summed E-state index contributed by atoms with van der Waals surface area (Å²) in [4.78, 5) is 12.1. The van der Waals surface area contributed by atoms with E-state index in [0.717, 1.165) is 6.20 Å². The first-order chi connectivity index (χ1) is 10.2. The number of alkyl halides is 2. The monoisotopic (exact) mass is 317 g/mol. The van der Waals surface area contributed by atoms with Crippen molar-refractivity contribution in [3.05, 3.63) is 17.5 Å². The Bertz CT molecular complexity index is 487. The summed E-state index contributed by atoms with van der Waals surface area (Å²) in [6, 6.07) is 0. The Morgan fingerprint density at radius 3 is 2.45 bits per heavy atom. The number of aliphatic hydroxyl groups is 1. The molecule has 1 unspecified atom stereocenters. The van der Waals surface area contributed by atoms with Gasteiger partial charge in [-0.2, -0.15) is 5.10 Å². The zero-order chi connectivity index (χ0) is 16.9. The molecule has 0 aromatic carbocycles. The van der Waals surface area contributed by atoms with Crippen molar-refractivity contribution in [1.82, 2.24) is 15.1 Å². The molecule has 0 radical (unpaired) electrons. The molecule has 126 valence electrons. The quantitative estimate of drug-likeness (QED) is 0.774. The first-order valence-corrected chi connectivity index (χ1v) is 7.52. The highest BCUT2D eigenvalue weighted by Crippen LogP contribution is 2.23. The molecule has 1 heterocycles. The van der Waals surface area contributed by atoms with Gasteiger partial charge in [0.05, 0.1) is 17.9 Å². The maximum Gasteiger partial charge on any atom is 0.280 e. The van der Waals surface area contributed by atoms with E-state index in [0.29, 0.717) is 13.0 Å². The summed E-state index contributed by atoms with van der Waals surface area (Å²) in [5.74, 6) is -0.202. The second-order valence-corrected chi connectivity index (χ2v) is 6.31. The summed E-state index contributed by atoms with van der Waals surface area (Å²) in [5, 5.41) is 16.1. The number of nitrogens with zero attached hydrogens (tertiary/aromatic N) is 2. The van der Waals surface area contributed by atoms with Gasteiger partial charge in [0, 0.05) is 13.1 Å². The van der Waals surface area contributed by atoms with Gasteiger partial charge in [-0.15, -0.1) is 0 Å². The van der Waals surface area contributed by atoms with E-state index in [4.69, 9.17) is 0 Å². The fourth-order valence-electron chi connectivity index (χ4n) is 2.22. The number of aromatic nitrogens is 2. The van der Waals surface area contributed by atoms with Gasteiger partial charge < -0.3 is 10.4 Å². The average molecular weight is 317 g/mol. The van der Waals surface area contributed by atoms with Crippen molar-refractivity contribution in [3.8, 4) is 0 Å². The molecule has 2 N–H and O–H groups in total. The summed E-state index contributed by atoms with van der Waals surface area (Å²) >= 11 is 0. The lowest BCUT2D eigenvalue weighted by Crippen LogP contribution is -2.33. The van der Waals surface area contributed by atoms with E-state index in [1.165, 1.54) is 4.68 Å². The van der Waals surface area contributed by atoms with E-state index < -0.39 is 18.4 Å². The summed E-state index contributed by atoms with van der Waals surface area (Å²) in [6.45, 7) is 8.04. The molecule has 7 heteroatoms. The molecule has 0 saturated carbocycles. The first-order valence-electron chi connectivity index (χ1n) is 7.52. The predicted molar refractivity (Wildman–Crippen MR) is 79.8 cm³/mol. The minimum absolute atomic E-state index is 0.0368. The molecule has 0 saturated heterocycles. The Kier molecular flexibility index (Phi) is 6.93. The highest BCUT2D eigenvalue weighted by atomic mass is 19.3. The third kappa shape index (κ3) is 5.36. The van der Waals surface area contributed by atoms with Crippen molar-refractivity contribution < 1.29 is 18.7 Å². The molecule has 1 aromatic rings. The number of aliphatic hydroxyl groups excluding tert-OH is 1. The van der Waals surface area contributed by atoms with Gasteiger partial charge in [-0.1, -0.05) is 27.7 Å². The Morgan fingerprint density at radius 1 is 1.32 bits per heavy atom. The zero-order valence-corrected chi connectivity index (χ0v) is 13.5. The maximum absolute atomic E-state index is 13.2. The van der Waals surface area contributed by atoms with Crippen molar-refractivity contribution in [2.24, 2.45) is 11.8 Å². The number of nitrogens with one attached hydrogen (secondary N) is 1. The number of amides is 1. The standard InChI is InChI=1S/C15H25F2N3O2/c1-9(2)5-11(21)6-18-15(22)12-7-19-20(8-10(3)4)13(12)14(16)17/h7,9-11,14,21H,5-6,8H2,1-4H3,(H,18,22). The van der Waals surface area contributed by atoms with Gasteiger partial charge >= 0.3 is 0 Å². The number of halogens is 2. The van der Waals surface area contributed by atoms with Gasteiger partial charge in [0.25, 0.3) is 12.3 Å². The zero-order valence-electron chi connectivity index (χ0n) is 13.5. The van der Waals surface area contributed by atoms with Crippen molar-refractivity contribution >= 4 is 5.91 Å². The van der Waals surface area contributed by atoms with Gasteiger partial charge in [-0.3, -0.25) is 9.48 Å². The summed E-state index contributed by atoms with van der Waals surface area (Å²) in [6.07, 6.45) is -1.77. The van der Waals surface area contributed by atoms with Gasteiger partial charge in [0.1, 0.15) is 5.69 Å². The van der Waals surface area contributed by atoms with Gasteiger partial charge in [0.2, 0.25) is 0 Å². The van der Waals surface area contributed by atoms with Crippen LogP contribution >= 0.6 is 0 Å². The Labute approximate surface area is 129 Å². The molecule has 22 heavy (non-hydrogen) atoms. The van der Waals surface area contributed by atoms with Crippen molar-refractivity contribution in [2.45, 2.75) is 53.2 Å². The van der Waals surface area contributed by atoms with E-state index in [2.05, 4.69) is 10.4 Å². The predicted octanol–water partition coefficient (Wildman–Crippen LogP) is 2.61. The molecule has 0 bridgehead atoms. The van der Waals surface area contributed by atoms with E-state index in [1.54, 1.807) is 0 Å². The molecule has 0 fully saturated rings. The van der Waals surface area contributed by atoms with Crippen LogP contribution < -0.4 is 5.32 Å². The topological polar surface area (TPSA) is 67.2 Å². The Balaban J connectivity index is 2.78. The average Bonchev–Trinajstić information content (AvgIpc) is 2.78. The van der Waals surface area contributed by atoms with E-state index in [1.807, 2.05) is 27.7 Å². The molecule has 1 aromatic heterocycles. The van der Waals surface area contributed by atoms with Crippen LogP contribution in [0.3, 0.4) is 0 Å². The van der Waals surface area contributed by atoms with Gasteiger partial charge in [-0.25, -0.2) is 8.78 Å². The normalized spacial score (nSPS) is 13.2. The highest BCUT2D eigenvalue weighted by molar-refractivity contribution is 5.95. The minimum atomic E-state index is -2.78. The fraction of sp³-hybridized carbons (Fsp3) is 0.733. The van der Waals surface area contributed by atoms with Crippen LogP contribution in [0.2, 0.25) is 0 Å². The van der Waals surface area contributed by atoms with E-state index in [9.17, 15) is 18.7 Å². The molecular formula is C15H25F2N3O2. The number of rotatable bonds is 8. The number of carbonyl (C=O) groups is 1. The second kappa shape index (κ2) is 8.22. The molecule has 0 aliphatic rings. The van der Waals surface area contributed by atoms with Gasteiger partial charge in [-0.05, 0) is 18.3 Å². The SMILES string of the molecule is CC(C)CC(O)CNC(=O)c1cnn(CC(C)C)c1C(F)F. The van der Waals surface area contributed by atoms with E-state index >= 15 is 0 Å².